The van der Waals surface area contributed by atoms with Crippen LogP contribution in [0.25, 0.3) is 0 Å². The lowest BCUT2D eigenvalue weighted by atomic mass is 9.95. The number of hydrogen-bond donors (Lipinski definition) is 3. The zero-order valence-corrected chi connectivity index (χ0v) is 21.3. The molecule has 3 amide bonds. The van der Waals surface area contributed by atoms with Crippen LogP contribution in [-0.4, -0.2) is 33.0 Å². The first-order valence-electron chi connectivity index (χ1n) is 11.3. The minimum Gasteiger partial charge on any atom is -0.395 e. The van der Waals surface area contributed by atoms with Crippen molar-refractivity contribution < 1.29 is 14.4 Å². The summed E-state index contributed by atoms with van der Waals surface area (Å²) in [6, 6.07) is 9.96. The van der Waals surface area contributed by atoms with E-state index in [0.717, 1.165) is 43.6 Å². The second-order valence-electron chi connectivity index (χ2n) is 8.42. The molecule has 1 aromatic carbocycles. The van der Waals surface area contributed by atoms with Crippen LogP contribution in [-0.2, 0) is 11.3 Å². The van der Waals surface area contributed by atoms with Crippen molar-refractivity contribution >= 4 is 57.9 Å². The van der Waals surface area contributed by atoms with Crippen LogP contribution in [0.15, 0.2) is 41.8 Å². The molecule has 35 heavy (non-hydrogen) atoms. The number of thiophene rings is 1. The maximum atomic E-state index is 13.9. The Balaban J connectivity index is 1.75. The second kappa shape index (κ2) is 11.2. The Labute approximate surface area is 216 Å². The van der Waals surface area contributed by atoms with Gasteiger partial charge in [0.15, 0.2) is 5.69 Å². The van der Waals surface area contributed by atoms with Crippen molar-refractivity contribution in [2.45, 2.75) is 50.7 Å². The van der Waals surface area contributed by atoms with Crippen LogP contribution in [0.5, 0.6) is 0 Å². The fourth-order valence-electron chi connectivity index (χ4n) is 4.25. The van der Waals surface area contributed by atoms with Crippen LogP contribution in [0.1, 0.15) is 68.7 Å². The summed E-state index contributed by atoms with van der Waals surface area (Å²) in [5.41, 5.74) is 11.9. The van der Waals surface area contributed by atoms with Gasteiger partial charge in [0.25, 0.3) is 11.8 Å². The number of amides is 3. The highest BCUT2D eigenvalue weighted by Gasteiger charge is 2.36. The molecule has 0 bridgehead atoms. The van der Waals surface area contributed by atoms with Crippen molar-refractivity contribution in [1.82, 2.24) is 14.6 Å². The van der Waals surface area contributed by atoms with Gasteiger partial charge in [-0.25, -0.2) is 0 Å². The lowest BCUT2D eigenvalue weighted by Gasteiger charge is -2.32. The first-order chi connectivity index (χ1) is 16.9. The molecular weight excluding hydrogens is 506 g/mol. The molecule has 184 valence electrons. The molecule has 0 saturated heterocycles. The molecule has 2 heterocycles. The van der Waals surface area contributed by atoms with E-state index in [-0.39, 0.29) is 34.8 Å². The third-order valence-corrected chi connectivity index (χ3v) is 8.18. The molecule has 1 aliphatic rings. The number of halogens is 1. The van der Waals surface area contributed by atoms with Gasteiger partial charge in [-0.1, -0.05) is 55.1 Å². The van der Waals surface area contributed by atoms with Gasteiger partial charge in [0.2, 0.25) is 5.91 Å². The topological polar surface area (TPSA) is 131 Å². The highest BCUT2D eigenvalue weighted by atomic mass is 35.5. The molecule has 0 radical (unpaired) electrons. The van der Waals surface area contributed by atoms with Gasteiger partial charge < -0.3 is 21.7 Å². The predicted molar refractivity (Wildman–Crippen MR) is 138 cm³/mol. The number of carbonyl (C=O) groups is 3. The quantitative estimate of drug-likeness (QED) is 0.397. The average Bonchev–Trinajstić information content (AvgIpc) is 3.50. The highest BCUT2D eigenvalue weighted by molar-refractivity contribution is 7.10. The number of nitrogens with two attached hydrogens (primary N) is 2. The van der Waals surface area contributed by atoms with Gasteiger partial charge in [-0.05, 0) is 47.5 Å². The molecule has 11 heteroatoms. The molecule has 8 nitrogen and oxygen atoms in total. The van der Waals surface area contributed by atoms with Crippen LogP contribution >= 0.6 is 34.5 Å². The number of nitrogens with one attached hydrogen (secondary N) is 1. The first kappa shape index (κ1) is 25.2. The van der Waals surface area contributed by atoms with E-state index in [1.54, 1.807) is 18.2 Å². The SMILES string of the molecule is NC(=O)c1nsc(C(=O)N(Cc2ccccc2Cl)[C@H](C(=O)NC2CCCCC2)c2cccs2)c1N. The van der Waals surface area contributed by atoms with Crippen molar-refractivity contribution in [1.29, 1.82) is 0 Å². The normalized spacial score (nSPS) is 14.9. The average molecular weight is 532 g/mol. The van der Waals surface area contributed by atoms with Crippen molar-refractivity contribution in [3.05, 3.63) is 67.8 Å². The highest BCUT2D eigenvalue weighted by Crippen LogP contribution is 2.33. The second-order valence-corrected chi connectivity index (χ2v) is 10.6. The monoisotopic (exact) mass is 531 g/mol. The summed E-state index contributed by atoms with van der Waals surface area (Å²) in [5, 5.41) is 5.49. The van der Waals surface area contributed by atoms with E-state index < -0.39 is 17.9 Å². The van der Waals surface area contributed by atoms with Crippen molar-refractivity contribution in [2.75, 3.05) is 5.73 Å². The Hall–Kier alpha value is -2.95. The van der Waals surface area contributed by atoms with E-state index in [1.165, 1.54) is 16.2 Å². The van der Waals surface area contributed by atoms with Gasteiger partial charge >= 0.3 is 0 Å². The molecule has 1 fully saturated rings. The number of rotatable bonds is 8. The summed E-state index contributed by atoms with van der Waals surface area (Å²) in [7, 11) is 0. The van der Waals surface area contributed by atoms with E-state index in [9.17, 15) is 14.4 Å². The molecule has 1 saturated carbocycles. The van der Waals surface area contributed by atoms with Crippen LogP contribution in [0.2, 0.25) is 5.02 Å². The van der Waals surface area contributed by atoms with E-state index in [1.807, 2.05) is 23.6 Å². The van der Waals surface area contributed by atoms with Gasteiger partial charge in [0.05, 0.1) is 5.69 Å². The minimum absolute atomic E-state index is 0.0536. The lowest BCUT2D eigenvalue weighted by Crippen LogP contribution is -2.46. The smallest absolute Gasteiger partial charge is 0.270 e. The maximum Gasteiger partial charge on any atom is 0.270 e. The maximum absolute atomic E-state index is 13.9. The van der Waals surface area contributed by atoms with E-state index in [4.69, 9.17) is 23.1 Å². The third kappa shape index (κ3) is 5.66. The number of hydrogen-bond acceptors (Lipinski definition) is 7. The molecule has 1 atom stereocenters. The lowest BCUT2D eigenvalue weighted by molar-refractivity contribution is -0.127. The summed E-state index contributed by atoms with van der Waals surface area (Å²) in [6.07, 6.45) is 5.09. The summed E-state index contributed by atoms with van der Waals surface area (Å²) >= 11 is 8.60. The molecule has 0 aliphatic heterocycles. The van der Waals surface area contributed by atoms with Crippen molar-refractivity contribution in [3.63, 3.8) is 0 Å². The Morgan fingerprint density at radius 2 is 1.89 bits per heavy atom. The van der Waals surface area contributed by atoms with Gasteiger partial charge in [-0.3, -0.25) is 14.4 Å². The fourth-order valence-corrected chi connectivity index (χ4v) is 6.04. The van der Waals surface area contributed by atoms with Crippen molar-refractivity contribution in [3.8, 4) is 0 Å². The van der Waals surface area contributed by atoms with Crippen LogP contribution in [0.3, 0.4) is 0 Å². The summed E-state index contributed by atoms with van der Waals surface area (Å²) in [6.45, 7) is 0.0579. The third-order valence-electron chi connectivity index (χ3n) is 6.04. The molecule has 4 rings (SSSR count). The largest absolute Gasteiger partial charge is 0.395 e. The number of anilines is 1. The van der Waals surface area contributed by atoms with Crippen LogP contribution in [0, 0.1) is 0 Å². The Bertz CT molecular complexity index is 1210. The standard InChI is InChI=1S/C24H26ClN5O3S2/c25-16-10-5-4-7-14(16)13-30(24(33)21-18(26)19(22(27)31)29-35-21)20(17-11-6-12-34-17)23(32)28-15-8-2-1-3-9-15/h4-7,10-12,15,20H,1-3,8-9,13,26H2,(H2,27,31)(H,28,32)/t20-/m0/s1. The first-order valence-corrected chi connectivity index (χ1v) is 13.3. The summed E-state index contributed by atoms with van der Waals surface area (Å²) < 4.78 is 3.97. The predicted octanol–water partition coefficient (Wildman–Crippen LogP) is 4.37. The number of primary amides is 1. The molecule has 1 aliphatic carbocycles. The zero-order valence-electron chi connectivity index (χ0n) is 18.9. The number of nitrogens with zero attached hydrogens (tertiary/aromatic N) is 2. The number of aromatic nitrogens is 1. The fraction of sp³-hybridized carbons (Fsp3) is 0.333. The van der Waals surface area contributed by atoms with E-state index in [2.05, 4.69) is 9.69 Å². The van der Waals surface area contributed by atoms with Crippen molar-refractivity contribution in [2.24, 2.45) is 5.73 Å². The molecular formula is C24H26ClN5O3S2. The number of benzene rings is 1. The zero-order chi connectivity index (χ0) is 24.9. The molecule has 5 N–H and O–H groups in total. The Morgan fingerprint density at radius 1 is 1.14 bits per heavy atom. The van der Waals surface area contributed by atoms with Crippen LogP contribution in [0.4, 0.5) is 5.69 Å². The summed E-state index contributed by atoms with van der Waals surface area (Å²) in [5.74, 6) is -1.61. The van der Waals surface area contributed by atoms with E-state index in [0.29, 0.717) is 15.5 Å². The Kier molecular flexibility index (Phi) is 8.04. The summed E-state index contributed by atoms with van der Waals surface area (Å²) in [4.78, 5) is 41.5. The molecule has 0 spiro atoms. The van der Waals surface area contributed by atoms with Gasteiger partial charge in [0, 0.05) is 22.5 Å². The minimum atomic E-state index is -0.917. The van der Waals surface area contributed by atoms with Gasteiger partial charge in [0.1, 0.15) is 10.9 Å². The van der Waals surface area contributed by atoms with E-state index >= 15 is 0 Å². The Morgan fingerprint density at radius 3 is 2.51 bits per heavy atom. The van der Waals surface area contributed by atoms with Gasteiger partial charge in [-0.15, -0.1) is 11.3 Å². The van der Waals surface area contributed by atoms with Gasteiger partial charge in [-0.2, -0.15) is 4.37 Å². The number of nitrogen functional groups attached to an aromatic ring is 1. The molecule has 2 aromatic heterocycles. The molecule has 3 aromatic rings. The number of carbonyl (C=O) groups excluding carboxylic acids is 3. The van der Waals surface area contributed by atoms with Crippen LogP contribution < -0.4 is 16.8 Å². The molecule has 0 unspecified atom stereocenters.